The van der Waals surface area contributed by atoms with Crippen molar-refractivity contribution in [1.29, 1.82) is 0 Å². The summed E-state index contributed by atoms with van der Waals surface area (Å²) in [5.41, 5.74) is 5.29. The van der Waals surface area contributed by atoms with Crippen molar-refractivity contribution in [3.05, 3.63) is 88.7 Å². The van der Waals surface area contributed by atoms with E-state index in [0.717, 1.165) is 16.8 Å². The molecule has 0 saturated heterocycles. The molecular weight excluding hydrogens is 429 g/mol. The van der Waals surface area contributed by atoms with Gasteiger partial charge in [-0.25, -0.2) is 0 Å². The van der Waals surface area contributed by atoms with E-state index < -0.39 is 0 Å². The summed E-state index contributed by atoms with van der Waals surface area (Å²) in [6.07, 6.45) is 1.79. The molecule has 1 aromatic heterocycles. The number of hydrogen-bond donors (Lipinski definition) is 2. The molecule has 0 unspecified atom stereocenters. The normalized spacial score (nSPS) is 8.54. The van der Waals surface area contributed by atoms with Crippen LogP contribution in [0, 0.1) is 27.7 Å². The van der Waals surface area contributed by atoms with E-state index in [4.69, 9.17) is 10.2 Å². The second-order valence-corrected chi connectivity index (χ2v) is 6.43. The van der Waals surface area contributed by atoms with Crippen LogP contribution in [0.15, 0.2) is 60.8 Å². The fourth-order valence-corrected chi connectivity index (χ4v) is 2.34. The van der Waals surface area contributed by atoms with Gasteiger partial charge in [-0.2, -0.15) is 0 Å². The quantitative estimate of drug-likeness (QED) is 0.466. The summed E-state index contributed by atoms with van der Waals surface area (Å²) >= 11 is 1.97. The Hall–Kier alpha value is -1.65. The van der Waals surface area contributed by atoms with Gasteiger partial charge in [0.15, 0.2) is 0 Å². The van der Waals surface area contributed by atoms with Crippen molar-refractivity contribution in [2.75, 3.05) is 0 Å². The second-order valence-electron chi connectivity index (χ2n) is 5.98. The molecule has 0 saturated carbocycles. The molecule has 0 bridgehead atoms. The Morgan fingerprint density at radius 2 is 1.21 bits per heavy atom. The van der Waals surface area contributed by atoms with E-state index >= 15 is 0 Å². The molecule has 1 heterocycles. The second kappa shape index (κ2) is 15.3. The predicted molar refractivity (Wildman–Crippen MR) is 119 cm³/mol. The van der Waals surface area contributed by atoms with Crippen LogP contribution in [0.25, 0.3) is 0 Å². The standard InChI is InChI=1S/2C8H10O.C6H5N.2ClH.Ti/c2*1-6-3-4-8(9)7(2)5-6;1-6-4-2-3-5-7-6;;;/h2*3-5,9H,1-2H3;1-5H;2*1H;. The summed E-state index contributed by atoms with van der Waals surface area (Å²) in [5, 5.41) is 18.1. The van der Waals surface area contributed by atoms with E-state index in [0.29, 0.717) is 11.5 Å². The van der Waals surface area contributed by atoms with Gasteiger partial charge < -0.3 is 10.2 Å². The Kier molecular flexibility index (Phi) is 15.6. The number of halogens is 2. The average Bonchev–Trinajstić information content (AvgIpc) is 2.64. The van der Waals surface area contributed by atoms with Crippen molar-refractivity contribution < 1.29 is 30.2 Å². The number of aromatic nitrogens is 1. The molecule has 3 rings (SSSR count). The van der Waals surface area contributed by atoms with Gasteiger partial charge in [-0.1, -0.05) is 35.4 Å². The van der Waals surface area contributed by atoms with Gasteiger partial charge in [0.1, 0.15) is 11.5 Å². The summed E-state index contributed by atoms with van der Waals surface area (Å²) in [5.74, 6) is 0.751. The molecule has 0 amide bonds. The molecule has 0 aliphatic carbocycles. The minimum atomic E-state index is 0. The molecule has 0 atom stereocenters. The van der Waals surface area contributed by atoms with Crippen molar-refractivity contribution in [1.82, 2.24) is 4.98 Å². The van der Waals surface area contributed by atoms with Gasteiger partial charge in [-0.15, -0.1) is 24.8 Å². The number of phenolic OH excluding ortho intramolecular Hbond substituents is 2. The van der Waals surface area contributed by atoms with Gasteiger partial charge in [0.2, 0.25) is 0 Å². The van der Waals surface area contributed by atoms with E-state index in [1.165, 1.54) is 11.1 Å². The number of hydrogen-bond acceptors (Lipinski definition) is 3. The van der Waals surface area contributed by atoms with Crippen LogP contribution >= 0.6 is 24.8 Å². The van der Waals surface area contributed by atoms with Crippen LogP contribution in [-0.2, 0) is 20.0 Å². The van der Waals surface area contributed by atoms with Gasteiger partial charge in [0.25, 0.3) is 0 Å². The zero-order valence-corrected chi connectivity index (χ0v) is 19.7. The number of phenols is 2. The van der Waals surface area contributed by atoms with E-state index in [-0.39, 0.29) is 24.8 Å². The number of rotatable bonds is 1. The van der Waals surface area contributed by atoms with Gasteiger partial charge in [-0.3, -0.25) is 0 Å². The van der Waals surface area contributed by atoms with E-state index in [1.807, 2.05) is 94.4 Å². The first-order valence-electron chi connectivity index (χ1n) is 8.27. The van der Waals surface area contributed by atoms with Crippen molar-refractivity contribution in [3.63, 3.8) is 0 Å². The number of aryl methyl sites for hydroxylation is 4. The van der Waals surface area contributed by atoms with Crippen LogP contribution in [0.1, 0.15) is 27.9 Å². The van der Waals surface area contributed by atoms with Crippen molar-refractivity contribution >= 4 is 29.1 Å². The maximum absolute atomic E-state index is 9.04. The minimum absolute atomic E-state index is 0. The molecule has 3 nitrogen and oxygen atoms in total. The molecular formula is C22H27Cl2NO2Ti. The van der Waals surface area contributed by atoms with E-state index in [2.05, 4.69) is 4.98 Å². The third-order valence-corrected chi connectivity index (χ3v) is 4.00. The number of nitrogens with zero attached hydrogens (tertiary/aromatic N) is 1. The molecule has 6 heteroatoms. The molecule has 2 N–H and O–H groups in total. The molecule has 2 aromatic carbocycles. The first-order valence-corrected chi connectivity index (χ1v) is 9.17. The van der Waals surface area contributed by atoms with Crippen LogP contribution in [0.5, 0.6) is 11.5 Å². The molecule has 3 aromatic rings. The SMILES string of the molecule is Cc1ccc(O)c(C)c1.Cc1ccc(O)c(C)c1.Cl.Cl.[Ti]=[CH]c1ccccn1. The molecule has 0 radical (unpaired) electrons. The Bertz CT molecular complexity index is 794. The topological polar surface area (TPSA) is 53.4 Å². The monoisotopic (exact) mass is 455 g/mol. The first kappa shape index (κ1) is 28.6. The first-order chi connectivity index (χ1) is 12.3. The molecule has 0 spiro atoms. The van der Waals surface area contributed by atoms with Crippen molar-refractivity contribution in [2.45, 2.75) is 27.7 Å². The number of aromatic hydroxyl groups is 2. The van der Waals surface area contributed by atoms with Gasteiger partial charge in [-0.05, 0) is 51.0 Å². The number of pyridine rings is 1. The van der Waals surface area contributed by atoms with Crippen molar-refractivity contribution in [2.24, 2.45) is 0 Å². The fraction of sp³-hybridized carbons (Fsp3) is 0.182. The maximum atomic E-state index is 9.04. The summed E-state index contributed by atoms with van der Waals surface area (Å²) in [7, 11) is 0. The van der Waals surface area contributed by atoms with Gasteiger partial charge in [0, 0.05) is 0 Å². The Balaban J connectivity index is 0. The van der Waals surface area contributed by atoms with Crippen molar-refractivity contribution in [3.8, 4) is 11.5 Å². The zero-order valence-electron chi connectivity index (χ0n) is 16.5. The van der Waals surface area contributed by atoms with E-state index in [1.54, 1.807) is 18.3 Å². The molecule has 0 aliphatic heterocycles. The summed E-state index contributed by atoms with van der Waals surface area (Å²) in [4.78, 5) is 4.04. The molecule has 150 valence electrons. The van der Waals surface area contributed by atoms with Gasteiger partial charge >= 0.3 is 59.4 Å². The summed E-state index contributed by atoms with van der Waals surface area (Å²) in [6.45, 7) is 7.80. The average molecular weight is 456 g/mol. The molecule has 28 heavy (non-hydrogen) atoms. The third-order valence-electron chi connectivity index (χ3n) is 3.54. The van der Waals surface area contributed by atoms with E-state index in [9.17, 15) is 0 Å². The summed E-state index contributed by atoms with van der Waals surface area (Å²) < 4.78 is 1.97. The Labute approximate surface area is 191 Å². The number of benzene rings is 2. The van der Waals surface area contributed by atoms with Gasteiger partial charge in [0.05, 0.1) is 0 Å². The predicted octanol–water partition coefficient (Wildman–Crippen LogP) is 5.64. The Morgan fingerprint density at radius 3 is 1.46 bits per heavy atom. The molecule has 0 fully saturated rings. The van der Waals surface area contributed by atoms with Crippen LogP contribution in [-0.4, -0.2) is 19.5 Å². The fourth-order valence-electron chi connectivity index (χ4n) is 2.07. The summed E-state index contributed by atoms with van der Waals surface area (Å²) in [6, 6.07) is 17.0. The van der Waals surface area contributed by atoms with Crippen LogP contribution in [0.2, 0.25) is 0 Å². The molecule has 0 aliphatic rings. The third kappa shape index (κ3) is 11.3. The van der Waals surface area contributed by atoms with Crippen LogP contribution < -0.4 is 0 Å². The zero-order chi connectivity index (χ0) is 19.5. The van der Waals surface area contributed by atoms with Crippen LogP contribution in [0.4, 0.5) is 0 Å². The van der Waals surface area contributed by atoms with Crippen LogP contribution in [0.3, 0.4) is 0 Å². The Morgan fingerprint density at radius 1 is 0.750 bits per heavy atom.